The predicted octanol–water partition coefficient (Wildman–Crippen LogP) is 4.32. The number of carbonyl (C=O) groups is 1. The van der Waals surface area contributed by atoms with Crippen LogP contribution in [-0.4, -0.2) is 24.9 Å². The molecule has 0 fully saturated rings. The van der Waals surface area contributed by atoms with Crippen molar-refractivity contribution in [3.63, 3.8) is 0 Å². The Bertz CT molecular complexity index is 754. The predicted molar refractivity (Wildman–Crippen MR) is 87.6 cm³/mol. The smallest absolute Gasteiger partial charge is 0.253 e. The number of hydrogen-bond acceptors (Lipinski definition) is 2. The SMILES string of the molecule is CN(C)C(=O)c1ccc(-c2ccc(-c3ccco3)cc2)cc1. The maximum absolute atomic E-state index is 11.9. The van der Waals surface area contributed by atoms with Crippen LogP contribution in [0.1, 0.15) is 10.4 Å². The van der Waals surface area contributed by atoms with E-state index in [0.29, 0.717) is 5.56 Å². The third kappa shape index (κ3) is 2.79. The standard InChI is InChI=1S/C19H17NO2/c1-20(2)19(21)17-11-7-15(8-12-17)14-5-9-16(10-6-14)18-4-3-13-22-18/h3-13H,1-2H3. The first-order chi connectivity index (χ1) is 10.6. The topological polar surface area (TPSA) is 33.5 Å². The van der Waals surface area contributed by atoms with Crippen LogP contribution in [0.4, 0.5) is 0 Å². The second-order valence-electron chi connectivity index (χ2n) is 5.33. The Balaban J connectivity index is 1.84. The molecule has 1 aromatic heterocycles. The number of furan rings is 1. The van der Waals surface area contributed by atoms with Crippen LogP contribution in [0.15, 0.2) is 71.3 Å². The Kier molecular flexibility index (Phi) is 3.79. The van der Waals surface area contributed by atoms with Crippen LogP contribution in [0, 0.1) is 0 Å². The quantitative estimate of drug-likeness (QED) is 0.720. The molecule has 3 aromatic rings. The zero-order valence-electron chi connectivity index (χ0n) is 12.6. The molecule has 0 saturated heterocycles. The second-order valence-corrected chi connectivity index (χ2v) is 5.33. The van der Waals surface area contributed by atoms with Gasteiger partial charge >= 0.3 is 0 Å². The van der Waals surface area contributed by atoms with Crippen LogP contribution in [0.5, 0.6) is 0 Å². The fourth-order valence-corrected chi connectivity index (χ4v) is 2.33. The van der Waals surface area contributed by atoms with Gasteiger partial charge in [0.2, 0.25) is 0 Å². The van der Waals surface area contributed by atoms with Crippen molar-refractivity contribution in [3.05, 3.63) is 72.5 Å². The van der Waals surface area contributed by atoms with Gasteiger partial charge in [0, 0.05) is 25.2 Å². The number of carbonyl (C=O) groups excluding carboxylic acids is 1. The van der Waals surface area contributed by atoms with Gasteiger partial charge in [0.15, 0.2) is 0 Å². The largest absolute Gasteiger partial charge is 0.464 e. The molecule has 0 aliphatic rings. The summed E-state index contributed by atoms with van der Waals surface area (Å²) in [5, 5.41) is 0. The molecule has 3 heteroatoms. The van der Waals surface area contributed by atoms with Crippen LogP contribution in [0.2, 0.25) is 0 Å². The molecule has 0 radical (unpaired) electrons. The van der Waals surface area contributed by atoms with Gasteiger partial charge in [-0.25, -0.2) is 0 Å². The monoisotopic (exact) mass is 291 g/mol. The summed E-state index contributed by atoms with van der Waals surface area (Å²) in [6.07, 6.45) is 1.67. The molecular formula is C19H17NO2. The molecule has 22 heavy (non-hydrogen) atoms. The summed E-state index contributed by atoms with van der Waals surface area (Å²) in [5.41, 5.74) is 3.94. The van der Waals surface area contributed by atoms with E-state index in [4.69, 9.17) is 4.42 Å². The lowest BCUT2D eigenvalue weighted by atomic mass is 10.0. The molecule has 110 valence electrons. The zero-order chi connectivity index (χ0) is 15.5. The molecular weight excluding hydrogens is 274 g/mol. The lowest BCUT2D eigenvalue weighted by Gasteiger charge is -2.10. The molecule has 0 aliphatic carbocycles. The minimum Gasteiger partial charge on any atom is -0.464 e. The van der Waals surface area contributed by atoms with Gasteiger partial charge < -0.3 is 9.32 Å². The van der Waals surface area contributed by atoms with Crippen LogP contribution in [-0.2, 0) is 0 Å². The highest BCUT2D eigenvalue weighted by atomic mass is 16.3. The molecule has 0 bridgehead atoms. The second kappa shape index (κ2) is 5.90. The number of amides is 1. The molecule has 1 amide bonds. The average Bonchev–Trinajstić information content (AvgIpc) is 3.09. The minimum absolute atomic E-state index is 0.0136. The number of rotatable bonds is 3. The summed E-state index contributed by atoms with van der Waals surface area (Å²) in [6, 6.07) is 19.7. The normalized spacial score (nSPS) is 10.5. The molecule has 0 atom stereocenters. The van der Waals surface area contributed by atoms with E-state index < -0.39 is 0 Å². The first-order valence-corrected chi connectivity index (χ1v) is 7.11. The fraction of sp³-hybridized carbons (Fsp3) is 0.105. The van der Waals surface area contributed by atoms with Gasteiger partial charge in [-0.05, 0) is 35.4 Å². The summed E-state index contributed by atoms with van der Waals surface area (Å²) >= 11 is 0. The van der Waals surface area contributed by atoms with E-state index in [1.165, 1.54) is 0 Å². The summed E-state index contributed by atoms with van der Waals surface area (Å²) in [4.78, 5) is 13.5. The third-order valence-electron chi connectivity index (χ3n) is 3.56. The van der Waals surface area contributed by atoms with Crippen molar-refractivity contribution in [1.29, 1.82) is 0 Å². The maximum Gasteiger partial charge on any atom is 0.253 e. The Morgan fingerprint density at radius 1 is 0.818 bits per heavy atom. The molecule has 0 N–H and O–H groups in total. The van der Waals surface area contributed by atoms with Gasteiger partial charge in [0.05, 0.1) is 6.26 Å². The summed E-state index contributed by atoms with van der Waals surface area (Å²) in [6.45, 7) is 0. The van der Waals surface area contributed by atoms with Gasteiger partial charge in [0.25, 0.3) is 5.91 Å². The zero-order valence-corrected chi connectivity index (χ0v) is 12.6. The molecule has 3 rings (SSSR count). The summed E-state index contributed by atoms with van der Waals surface area (Å²) in [7, 11) is 3.51. The summed E-state index contributed by atoms with van der Waals surface area (Å²) < 4.78 is 5.39. The molecule has 2 aromatic carbocycles. The van der Waals surface area contributed by atoms with Gasteiger partial charge in [0.1, 0.15) is 5.76 Å². The minimum atomic E-state index is 0.0136. The first-order valence-electron chi connectivity index (χ1n) is 7.11. The van der Waals surface area contributed by atoms with Crippen molar-refractivity contribution in [2.24, 2.45) is 0 Å². The number of hydrogen-bond donors (Lipinski definition) is 0. The Morgan fingerprint density at radius 3 is 1.86 bits per heavy atom. The van der Waals surface area contributed by atoms with E-state index >= 15 is 0 Å². The highest BCUT2D eigenvalue weighted by Crippen LogP contribution is 2.25. The summed E-state index contributed by atoms with van der Waals surface area (Å²) in [5.74, 6) is 0.873. The number of benzene rings is 2. The van der Waals surface area contributed by atoms with Crippen molar-refractivity contribution in [3.8, 4) is 22.5 Å². The van der Waals surface area contributed by atoms with E-state index in [-0.39, 0.29) is 5.91 Å². The van der Waals surface area contributed by atoms with Crippen LogP contribution in [0.25, 0.3) is 22.5 Å². The van der Waals surface area contributed by atoms with E-state index in [1.807, 2.05) is 48.5 Å². The lowest BCUT2D eigenvalue weighted by molar-refractivity contribution is 0.0827. The van der Waals surface area contributed by atoms with Crippen molar-refractivity contribution >= 4 is 5.91 Å². The Labute approximate surface area is 129 Å². The molecule has 0 spiro atoms. The molecule has 0 unspecified atom stereocenters. The Morgan fingerprint density at radius 2 is 1.36 bits per heavy atom. The van der Waals surface area contributed by atoms with Gasteiger partial charge in [-0.1, -0.05) is 36.4 Å². The number of nitrogens with zero attached hydrogens (tertiary/aromatic N) is 1. The van der Waals surface area contributed by atoms with E-state index in [9.17, 15) is 4.79 Å². The van der Waals surface area contributed by atoms with Crippen molar-refractivity contribution in [2.45, 2.75) is 0 Å². The first kappa shape index (κ1) is 14.1. The highest BCUT2D eigenvalue weighted by molar-refractivity contribution is 5.94. The van der Waals surface area contributed by atoms with Crippen molar-refractivity contribution in [1.82, 2.24) is 4.90 Å². The van der Waals surface area contributed by atoms with Crippen LogP contribution in [0.3, 0.4) is 0 Å². The molecule has 3 nitrogen and oxygen atoms in total. The fourth-order valence-electron chi connectivity index (χ4n) is 2.33. The van der Waals surface area contributed by atoms with E-state index in [1.54, 1.807) is 25.3 Å². The maximum atomic E-state index is 11.9. The molecule has 0 aliphatic heterocycles. The van der Waals surface area contributed by atoms with Crippen molar-refractivity contribution < 1.29 is 9.21 Å². The highest BCUT2D eigenvalue weighted by Gasteiger charge is 2.08. The van der Waals surface area contributed by atoms with Crippen molar-refractivity contribution in [2.75, 3.05) is 14.1 Å². The Hall–Kier alpha value is -2.81. The van der Waals surface area contributed by atoms with E-state index in [0.717, 1.165) is 22.5 Å². The molecule has 0 saturated carbocycles. The lowest BCUT2D eigenvalue weighted by Crippen LogP contribution is -2.21. The average molecular weight is 291 g/mol. The van der Waals surface area contributed by atoms with Crippen LogP contribution < -0.4 is 0 Å². The van der Waals surface area contributed by atoms with E-state index in [2.05, 4.69) is 12.1 Å². The molecule has 1 heterocycles. The third-order valence-corrected chi connectivity index (χ3v) is 3.56. The van der Waals surface area contributed by atoms with Gasteiger partial charge in [-0.2, -0.15) is 0 Å². The van der Waals surface area contributed by atoms with Gasteiger partial charge in [-0.3, -0.25) is 4.79 Å². The van der Waals surface area contributed by atoms with Crippen LogP contribution >= 0.6 is 0 Å². The van der Waals surface area contributed by atoms with Gasteiger partial charge in [-0.15, -0.1) is 0 Å².